The van der Waals surface area contributed by atoms with Gasteiger partial charge in [-0.05, 0) is 43.7 Å². The van der Waals surface area contributed by atoms with Crippen LogP contribution in [0.3, 0.4) is 0 Å². The van der Waals surface area contributed by atoms with E-state index in [2.05, 4.69) is 20.3 Å². The molecule has 0 aliphatic carbocycles. The molecule has 1 aromatic carbocycles. The summed E-state index contributed by atoms with van der Waals surface area (Å²) in [6.45, 7) is 2.76. The lowest BCUT2D eigenvalue weighted by molar-refractivity contribution is -0.330. The Balaban J connectivity index is 1.74. The summed E-state index contributed by atoms with van der Waals surface area (Å²) < 4.78 is 68.2. The van der Waals surface area contributed by atoms with Gasteiger partial charge in [0.2, 0.25) is 5.82 Å². The molecule has 34 heavy (non-hydrogen) atoms. The lowest BCUT2D eigenvalue weighted by Crippen LogP contribution is -2.16. The first-order chi connectivity index (χ1) is 15.7. The van der Waals surface area contributed by atoms with E-state index in [4.69, 9.17) is 5.73 Å². The van der Waals surface area contributed by atoms with Crippen molar-refractivity contribution >= 4 is 39.2 Å². The number of benzene rings is 1. The second kappa shape index (κ2) is 8.02. The van der Waals surface area contributed by atoms with Gasteiger partial charge in [0, 0.05) is 10.9 Å². The van der Waals surface area contributed by atoms with E-state index in [9.17, 15) is 31.9 Å². The molecular formula is C21H17F5N5O2S+. The molecule has 4 aromatic rings. The molecule has 1 amide bonds. The van der Waals surface area contributed by atoms with Gasteiger partial charge in [0.25, 0.3) is 17.4 Å². The van der Waals surface area contributed by atoms with Crippen LogP contribution in [0.15, 0.2) is 30.3 Å². The first kappa shape index (κ1) is 23.6. The molecule has 7 nitrogen and oxygen atoms in total. The first-order valence-corrected chi connectivity index (χ1v) is 10.5. The van der Waals surface area contributed by atoms with Gasteiger partial charge in [0.1, 0.15) is 17.2 Å². The Bertz CT molecular complexity index is 1400. The van der Waals surface area contributed by atoms with E-state index in [1.165, 1.54) is 32.0 Å². The minimum Gasteiger partial charge on any atom is -0.386 e. The molecule has 0 radical (unpaired) electrons. The first-order valence-electron chi connectivity index (χ1n) is 9.66. The molecule has 0 unspecified atom stereocenters. The number of fused-ring (bicyclic) bond motifs is 1. The monoisotopic (exact) mass is 498 g/mol. The maximum Gasteiger partial charge on any atom is 0.466 e. The molecule has 0 spiro atoms. The van der Waals surface area contributed by atoms with Crippen molar-refractivity contribution in [3.63, 3.8) is 0 Å². The summed E-state index contributed by atoms with van der Waals surface area (Å²) in [6.07, 6.45) is -4.67. The van der Waals surface area contributed by atoms with Crippen molar-refractivity contribution in [2.75, 3.05) is 5.32 Å². The van der Waals surface area contributed by atoms with Crippen LogP contribution in [0.1, 0.15) is 35.6 Å². The minimum atomic E-state index is -4.67. The number of hydrogen-bond donors (Lipinski definition) is 4. The summed E-state index contributed by atoms with van der Waals surface area (Å²) in [5.74, 6) is -3.83. The van der Waals surface area contributed by atoms with Gasteiger partial charge in [-0.15, -0.1) is 11.3 Å². The standard InChI is InChI=1S/C21H16F5N5O2S/c1-20(2,33)8-5-10(22)15(11(23)6-8)13-7-9(16(27)32)18(34-13)30-14-4-3-12-17(29-14)31-19(28-12)21(24,25)26/h3-7,33H,1-2H3,(H2,27,32)(H2,28,29,30,31)/p+1. The molecule has 0 atom stereocenters. The average Bonchev–Trinajstić information content (AvgIpc) is 3.31. The predicted octanol–water partition coefficient (Wildman–Crippen LogP) is 4.47. The molecule has 178 valence electrons. The molecular weight excluding hydrogens is 481 g/mol. The Morgan fingerprint density at radius 2 is 1.82 bits per heavy atom. The van der Waals surface area contributed by atoms with E-state index in [0.717, 1.165) is 23.5 Å². The van der Waals surface area contributed by atoms with Crippen molar-refractivity contribution in [1.82, 2.24) is 9.97 Å². The summed E-state index contributed by atoms with van der Waals surface area (Å²) in [7, 11) is 0. The molecule has 0 aliphatic rings. The Morgan fingerprint density at radius 3 is 2.38 bits per heavy atom. The number of hydrogen-bond acceptors (Lipinski definition) is 5. The Kier molecular flexibility index (Phi) is 5.56. The van der Waals surface area contributed by atoms with Crippen molar-refractivity contribution < 1.29 is 36.8 Å². The van der Waals surface area contributed by atoms with Gasteiger partial charge in [-0.2, -0.15) is 13.2 Å². The number of nitrogens with one attached hydrogen (secondary N) is 3. The largest absolute Gasteiger partial charge is 0.466 e. The highest BCUT2D eigenvalue weighted by Gasteiger charge is 2.38. The van der Waals surface area contributed by atoms with Crippen LogP contribution in [0.2, 0.25) is 0 Å². The number of rotatable bonds is 5. The van der Waals surface area contributed by atoms with E-state index in [-0.39, 0.29) is 38.0 Å². The summed E-state index contributed by atoms with van der Waals surface area (Å²) in [6, 6.07) is 5.92. The molecule has 3 heterocycles. The average molecular weight is 498 g/mol. The third-order valence-corrected chi connectivity index (χ3v) is 5.98. The Morgan fingerprint density at radius 1 is 1.18 bits per heavy atom. The smallest absolute Gasteiger partial charge is 0.386 e. The van der Waals surface area contributed by atoms with E-state index >= 15 is 0 Å². The Labute approximate surface area is 192 Å². The number of alkyl halides is 3. The second-order valence-electron chi connectivity index (χ2n) is 7.93. The van der Waals surface area contributed by atoms with Crippen LogP contribution >= 0.6 is 11.3 Å². The summed E-state index contributed by atoms with van der Waals surface area (Å²) in [4.78, 5) is 20.3. The molecule has 0 bridgehead atoms. The number of aliphatic hydroxyl groups is 1. The van der Waals surface area contributed by atoms with Gasteiger partial charge in [0.05, 0.1) is 16.7 Å². The van der Waals surface area contributed by atoms with Gasteiger partial charge in [-0.1, -0.05) is 4.98 Å². The molecule has 13 heteroatoms. The van der Waals surface area contributed by atoms with E-state index < -0.39 is 40.7 Å². The SMILES string of the molecule is CC(C)(O)c1cc(F)c(-c2cc(C(N)=O)c(Nc3ccc4[nH]c(C(F)(F)F)nc4[nH+]3)s2)c(F)c1. The number of aromatic amines is 2. The Hall–Kier alpha value is -3.58. The molecule has 3 aromatic heterocycles. The number of carbonyl (C=O) groups is 1. The lowest BCUT2D eigenvalue weighted by atomic mass is 9.96. The van der Waals surface area contributed by atoms with Gasteiger partial charge in [-0.3, -0.25) is 10.1 Å². The van der Waals surface area contributed by atoms with Crippen LogP contribution in [0, 0.1) is 11.6 Å². The molecule has 4 rings (SSSR count). The topological polar surface area (TPSA) is 118 Å². The summed E-state index contributed by atoms with van der Waals surface area (Å²) in [5, 5.41) is 12.9. The minimum absolute atomic E-state index is 0.0245. The van der Waals surface area contributed by atoms with Crippen LogP contribution in [0.4, 0.5) is 32.8 Å². The zero-order valence-electron chi connectivity index (χ0n) is 17.6. The van der Waals surface area contributed by atoms with Crippen molar-refractivity contribution in [2.24, 2.45) is 5.73 Å². The number of thiophene rings is 1. The lowest BCUT2D eigenvalue weighted by Gasteiger charge is -2.18. The van der Waals surface area contributed by atoms with Crippen molar-refractivity contribution in [3.8, 4) is 10.4 Å². The third kappa shape index (κ3) is 4.43. The van der Waals surface area contributed by atoms with Gasteiger partial charge >= 0.3 is 6.18 Å². The fourth-order valence-corrected chi connectivity index (χ4v) is 4.34. The third-order valence-electron chi connectivity index (χ3n) is 4.91. The van der Waals surface area contributed by atoms with Crippen molar-refractivity contribution in [1.29, 1.82) is 0 Å². The van der Waals surface area contributed by atoms with Gasteiger partial charge in [-0.25, -0.2) is 13.8 Å². The van der Waals surface area contributed by atoms with Crippen LogP contribution in [-0.4, -0.2) is 21.0 Å². The second-order valence-corrected chi connectivity index (χ2v) is 8.99. The number of pyridine rings is 1. The summed E-state index contributed by atoms with van der Waals surface area (Å²) in [5.41, 5.74) is 3.44. The number of nitrogens with two attached hydrogens (primary N) is 1. The molecule has 0 saturated heterocycles. The number of primary amides is 1. The highest BCUT2D eigenvalue weighted by Crippen LogP contribution is 2.40. The quantitative estimate of drug-likeness (QED) is 0.304. The van der Waals surface area contributed by atoms with E-state index in [1.807, 2.05) is 0 Å². The van der Waals surface area contributed by atoms with Gasteiger partial charge < -0.3 is 15.8 Å². The number of H-pyrrole nitrogens is 2. The maximum atomic E-state index is 14.8. The highest BCUT2D eigenvalue weighted by atomic mass is 32.1. The fourth-order valence-electron chi connectivity index (χ4n) is 3.22. The maximum absolute atomic E-state index is 14.8. The van der Waals surface area contributed by atoms with Crippen molar-refractivity contribution in [2.45, 2.75) is 25.6 Å². The summed E-state index contributed by atoms with van der Waals surface area (Å²) >= 11 is 0.810. The number of anilines is 2. The number of halogens is 5. The van der Waals surface area contributed by atoms with Crippen molar-refractivity contribution in [3.05, 3.63) is 58.9 Å². The van der Waals surface area contributed by atoms with Crippen LogP contribution in [0.25, 0.3) is 21.6 Å². The number of carbonyl (C=O) groups excluding carboxylic acids is 1. The highest BCUT2D eigenvalue weighted by molar-refractivity contribution is 7.20. The molecule has 0 aliphatic heterocycles. The van der Waals surface area contributed by atoms with E-state index in [1.54, 1.807) is 0 Å². The number of amides is 1. The van der Waals surface area contributed by atoms with Crippen LogP contribution < -0.4 is 16.0 Å². The van der Waals surface area contributed by atoms with E-state index in [0.29, 0.717) is 0 Å². The molecule has 6 N–H and O–H groups in total. The number of imidazole rings is 1. The number of nitrogens with zero attached hydrogens (tertiary/aromatic N) is 1. The zero-order valence-corrected chi connectivity index (χ0v) is 18.4. The molecule has 0 fully saturated rings. The normalized spacial score (nSPS) is 12.4. The van der Waals surface area contributed by atoms with Crippen LogP contribution in [-0.2, 0) is 11.8 Å². The predicted molar refractivity (Wildman–Crippen MR) is 114 cm³/mol. The van der Waals surface area contributed by atoms with Gasteiger partial charge in [0.15, 0.2) is 5.00 Å². The number of aromatic nitrogens is 3. The zero-order chi connectivity index (χ0) is 25.0. The fraction of sp³-hybridized carbons (Fsp3) is 0.190. The molecule has 0 saturated carbocycles. The van der Waals surface area contributed by atoms with Crippen LogP contribution in [0.5, 0.6) is 0 Å².